The van der Waals surface area contributed by atoms with Gasteiger partial charge >= 0.3 is 0 Å². The van der Waals surface area contributed by atoms with Crippen molar-refractivity contribution in [1.82, 2.24) is 9.88 Å². The first-order valence-electron chi connectivity index (χ1n) is 5.08. The van der Waals surface area contributed by atoms with E-state index in [1.54, 1.807) is 0 Å². The van der Waals surface area contributed by atoms with Gasteiger partial charge in [-0.05, 0) is 12.1 Å². The molecule has 0 fully saturated rings. The summed E-state index contributed by atoms with van der Waals surface area (Å²) in [7, 11) is 0. The number of hydrogen-bond donors (Lipinski definition) is 0. The Hall–Kier alpha value is -1.55. The van der Waals surface area contributed by atoms with Crippen molar-refractivity contribution in [3.8, 4) is 6.07 Å². The van der Waals surface area contributed by atoms with Gasteiger partial charge in [-0.3, -0.25) is 4.79 Å². The lowest BCUT2D eigenvalue weighted by atomic mass is 10.2. The summed E-state index contributed by atoms with van der Waals surface area (Å²) in [5.41, 5.74) is 0.364. The van der Waals surface area contributed by atoms with Crippen molar-refractivity contribution in [2.75, 3.05) is 18.4 Å². The summed E-state index contributed by atoms with van der Waals surface area (Å²) in [6, 6.07) is 4.65. The third-order valence-electron chi connectivity index (χ3n) is 2.11. The second-order valence-electron chi connectivity index (χ2n) is 3.38. The number of rotatable bonds is 5. The van der Waals surface area contributed by atoms with Crippen LogP contribution in [0.15, 0.2) is 18.3 Å². The Morgan fingerprint density at radius 3 is 2.72 bits per heavy atom. The predicted molar refractivity (Wildman–Crippen MR) is 64.7 cm³/mol. The molecule has 96 valence electrons. The molecule has 1 rings (SSSR count). The normalized spacial score (nSPS) is 10.2. The quantitative estimate of drug-likeness (QED) is 0.781. The Balaban J connectivity index is 2.84. The summed E-state index contributed by atoms with van der Waals surface area (Å²) in [6.07, 6.45) is -1.35. The lowest BCUT2D eigenvalue weighted by molar-refractivity contribution is 0.0567. The van der Waals surface area contributed by atoms with E-state index in [0.717, 1.165) is 4.90 Å². The van der Waals surface area contributed by atoms with Crippen LogP contribution in [0.5, 0.6) is 0 Å². The van der Waals surface area contributed by atoms with Crippen LogP contribution in [0, 0.1) is 11.3 Å². The first-order valence-corrected chi connectivity index (χ1v) is 6.20. The lowest BCUT2D eigenvalue weighted by Crippen LogP contribution is -2.37. The van der Waals surface area contributed by atoms with Gasteiger partial charge in [0.2, 0.25) is 0 Å². The third kappa shape index (κ3) is 4.04. The fraction of sp³-hybridized carbons (Fsp3) is 0.364. The maximum absolute atomic E-state index is 12.3. The van der Waals surface area contributed by atoms with Crippen molar-refractivity contribution in [1.29, 1.82) is 5.26 Å². The van der Waals surface area contributed by atoms with Gasteiger partial charge < -0.3 is 4.90 Å². The van der Waals surface area contributed by atoms with E-state index in [0.29, 0.717) is 10.9 Å². The maximum atomic E-state index is 12.3. The van der Waals surface area contributed by atoms with E-state index in [1.165, 1.54) is 18.3 Å². The van der Waals surface area contributed by atoms with Crippen molar-refractivity contribution in [2.45, 2.75) is 6.43 Å². The van der Waals surface area contributed by atoms with Crippen molar-refractivity contribution in [3.05, 3.63) is 29.6 Å². The van der Waals surface area contributed by atoms with Gasteiger partial charge in [0.15, 0.2) is 0 Å². The molecule has 0 radical (unpaired) electrons. The van der Waals surface area contributed by atoms with Crippen molar-refractivity contribution in [2.24, 2.45) is 0 Å². The van der Waals surface area contributed by atoms with E-state index in [4.69, 9.17) is 5.26 Å². The van der Waals surface area contributed by atoms with Crippen LogP contribution in [0.1, 0.15) is 16.1 Å². The highest BCUT2D eigenvalue weighted by molar-refractivity contribution is 9.09. The minimum Gasteiger partial charge on any atom is -0.331 e. The Morgan fingerprint density at radius 2 is 2.28 bits per heavy atom. The Morgan fingerprint density at radius 1 is 1.56 bits per heavy atom. The standard InChI is InChI=1S/C11H10BrF2N3O/c12-3-4-17(7-10(13)14)11(18)9-2-1-8(5-15)6-16-9/h1-2,6,10H,3-4,7H2. The molecule has 0 bridgehead atoms. The minimum absolute atomic E-state index is 0.0515. The van der Waals surface area contributed by atoms with Crippen LogP contribution >= 0.6 is 15.9 Å². The monoisotopic (exact) mass is 317 g/mol. The average molecular weight is 318 g/mol. The molecule has 0 N–H and O–H groups in total. The number of carbonyl (C=O) groups is 1. The Bertz CT molecular complexity index is 445. The predicted octanol–water partition coefficient (Wildman–Crippen LogP) is 2.06. The first-order chi connectivity index (χ1) is 8.58. The largest absolute Gasteiger partial charge is 0.331 e. The smallest absolute Gasteiger partial charge is 0.272 e. The second kappa shape index (κ2) is 7.01. The van der Waals surface area contributed by atoms with E-state index in [1.807, 2.05) is 6.07 Å². The van der Waals surface area contributed by atoms with Crippen LogP contribution in [-0.2, 0) is 0 Å². The van der Waals surface area contributed by atoms with Gasteiger partial charge in [-0.1, -0.05) is 15.9 Å². The van der Waals surface area contributed by atoms with Crippen LogP contribution in [0.25, 0.3) is 0 Å². The minimum atomic E-state index is -2.59. The molecule has 0 saturated carbocycles. The highest BCUT2D eigenvalue weighted by Crippen LogP contribution is 2.07. The van der Waals surface area contributed by atoms with Gasteiger partial charge in [0.05, 0.1) is 12.1 Å². The van der Waals surface area contributed by atoms with E-state index >= 15 is 0 Å². The highest BCUT2D eigenvalue weighted by Gasteiger charge is 2.20. The molecule has 7 heteroatoms. The van der Waals surface area contributed by atoms with Gasteiger partial charge in [0.1, 0.15) is 11.8 Å². The number of pyridine rings is 1. The molecule has 4 nitrogen and oxygen atoms in total. The molecule has 0 aliphatic carbocycles. The van der Waals surface area contributed by atoms with E-state index < -0.39 is 18.9 Å². The van der Waals surface area contributed by atoms with Gasteiger partial charge in [0, 0.05) is 18.1 Å². The maximum Gasteiger partial charge on any atom is 0.272 e. The third-order valence-corrected chi connectivity index (χ3v) is 2.47. The molecule has 0 saturated heterocycles. The van der Waals surface area contributed by atoms with Crippen LogP contribution < -0.4 is 0 Å². The molecule has 0 aliphatic rings. The van der Waals surface area contributed by atoms with Gasteiger partial charge in [-0.15, -0.1) is 0 Å². The van der Waals surface area contributed by atoms with E-state index in [9.17, 15) is 13.6 Å². The van der Waals surface area contributed by atoms with Crippen molar-refractivity contribution in [3.63, 3.8) is 0 Å². The SMILES string of the molecule is N#Cc1ccc(C(=O)N(CCBr)CC(F)F)nc1. The molecule has 1 heterocycles. The summed E-state index contributed by atoms with van der Waals surface area (Å²) in [4.78, 5) is 16.7. The number of alkyl halides is 3. The molecule has 0 atom stereocenters. The zero-order valence-electron chi connectivity index (χ0n) is 9.31. The number of halogens is 3. The van der Waals surface area contributed by atoms with Crippen LogP contribution in [-0.4, -0.2) is 40.6 Å². The number of aromatic nitrogens is 1. The first kappa shape index (κ1) is 14.5. The summed E-state index contributed by atoms with van der Waals surface area (Å²) in [5.74, 6) is -0.570. The van der Waals surface area contributed by atoms with Crippen molar-refractivity contribution < 1.29 is 13.6 Å². The molecule has 0 aliphatic heterocycles. The van der Waals surface area contributed by atoms with E-state index in [2.05, 4.69) is 20.9 Å². The highest BCUT2D eigenvalue weighted by atomic mass is 79.9. The number of carbonyl (C=O) groups excluding carboxylic acids is 1. The number of nitriles is 1. The summed E-state index contributed by atoms with van der Waals surface area (Å²) < 4.78 is 24.7. The molecule has 1 aromatic heterocycles. The number of hydrogen-bond acceptors (Lipinski definition) is 3. The van der Waals surface area contributed by atoms with Crippen molar-refractivity contribution >= 4 is 21.8 Å². The van der Waals surface area contributed by atoms with Crippen LogP contribution in [0.2, 0.25) is 0 Å². The number of amides is 1. The van der Waals surface area contributed by atoms with Gasteiger partial charge in [-0.25, -0.2) is 13.8 Å². The lowest BCUT2D eigenvalue weighted by Gasteiger charge is -2.20. The summed E-state index contributed by atoms with van der Waals surface area (Å²) >= 11 is 3.10. The fourth-order valence-electron chi connectivity index (χ4n) is 1.29. The zero-order valence-corrected chi connectivity index (χ0v) is 10.9. The molecule has 1 aromatic rings. The zero-order chi connectivity index (χ0) is 13.5. The molecular weight excluding hydrogens is 308 g/mol. The molecule has 0 spiro atoms. The molecule has 0 aromatic carbocycles. The number of nitrogens with zero attached hydrogens (tertiary/aromatic N) is 3. The van der Waals surface area contributed by atoms with Gasteiger partial charge in [0.25, 0.3) is 12.3 Å². The molecular formula is C11H10BrF2N3O. The fourth-order valence-corrected chi connectivity index (χ4v) is 1.72. The Labute approximate surface area is 111 Å². The molecule has 0 unspecified atom stereocenters. The average Bonchev–Trinajstić information content (AvgIpc) is 2.37. The van der Waals surface area contributed by atoms with E-state index in [-0.39, 0.29) is 12.2 Å². The van der Waals surface area contributed by atoms with Crippen LogP contribution in [0.4, 0.5) is 8.78 Å². The van der Waals surface area contributed by atoms with Crippen LogP contribution in [0.3, 0.4) is 0 Å². The summed E-state index contributed by atoms with van der Waals surface area (Å²) in [5, 5.41) is 8.99. The van der Waals surface area contributed by atoms with Gasteiger partial charge in [-0.2, -0.15) is 5.26 Å². The summed E-state index contributed by atoms with van der Waals surface area (Å²) in [6.45, 7) is -0.461. The second-order valence-corrected chi connectivity index (χ2v) is 4.17. The Kier molecular flexibility index (Phi) is 5.65. The molecule has 18 heavy (non-hydrogen) atoms. The molecule has 1 amide bonds. The topological polar surface area (TPSA) is 57.0 Å².